The molecule has 2 heterocycles. The quantitative estimate of drug-likeness (QED) is 0.419. The van der Waals surface area contributed by atoms with Gasteiger partial charge in [0.1, 0.15) is 17.4 Å². The molecule has 0 spiro atoms. The summed E-state index contributed by atoms with van der Waals surface area (Å²) in [4.78, 5) is 25.9. The van der Waals surface area contributed by atoms with Gasteiger partial charge in [-0.3, -0.25) is 14.5 Å². The summed E-state index contributed by atoms with van der Waals surface area (Å²) in [5, 5.41) is 3.80. The van der Waals surface area contributed by atoms with Crippen molar-refractivity contribution in [3.05, 3.63) is 75.1 Å². The fraction of sp³-hybridized carbons (Fsp3) is 0.407. The third-order valence-corrected chi connectivity index (χ3v) is 6.90. The van der Waals surface area contributed by atoms with E-state index in [0.29, 0.717) is 40.8 Å². The molecule has 1 aliphatic heterocycles. The number of carbonyl (C=O) groups excluding carboxylic acids is 1. The van der Waals surface area contributed by atoms with Gasteiger partial charge in [-0.15, -0.1) is 0 Å². The van der Waals surface area contributed by atoms with Crippen LogP contribution in [0.5, 0.6) is 0 Å². The monoisotopic (exact) mass is 486 g/mol. The number of aryl methyl sites for hydroxylation is 1. The second-order valence-electron chi connectivity index (χ2n) is 9.34. The van der Waals surface area contributed by atoms with E-state index in [1.807, 2.05) is 32.0 Å². The summed E-state index contributed by atoms with van der Waals surface area (Å²) in [5.41, 5.74) is 3.18. The van der Waals surface area contributed by atoms with Crippen LogP contribution in [0.3, 0.4) is 0 Å². The summed E-state index contributed by atoms with van der Waals surface area (Å²) < 4.78 is 45.6. The molecule has 1 N–H and O–H groups in total. The molecular formula is C27H29F3N2O3. The van der Waals surface area contributed by atoms with Gasteiger partial charge >= 0.3 is 6.18 Å². The molecular weight excluding hydrogens is 457 g/mol. The Labute approximate surface area is 201 Å². The van der Waals surface area contributed by atoms with E-state index in [1.165, 1.54) is 17.9 Å². The third kappa shape index (κ3) is 5.27. The van der Waals surface area contributed by atoms with E-state index in [1.54, 1.807) is 18.2 Å². The van der Waals surface area contributed by atoms with Crippen LogP contribution < -0.4 is 10.7 Å². The number of para-hydroxylation sites is 1. The Hall–Kier alpha value is -3.13. The van der Waals surface area contributed by atoms with Crippen molar-refractivity contribution < 1.29 is 22.4 Å². The molecule has 4 rings (SSSR count). The molecule has 2 atom stereocenters. The number of piperidine rings is 1. The number of fused-ring (bicyclic) bond motifs is 1. The number of nitrogens with one attached hydrogen (secondary N) is 1. The van der Waals surface area contributed by atoms with Gasteiger partial charge in [-0.2, -0.15) is 13.2 Å². The van der Waals surface area contributed by atoms with E-state index >= 15 is 0 Å². The molecule has 0 bridgehead atoms. The number of hydrogen-bond acceptors (Lipinski definition) is 5. The molecule has 1 saturated heterocycles. The molecule has 2 unspecified atom stereocenters. The lowest BCUT2D eigenvalue weighted by molar-refractivity contribution is -0.181. The molecule has 0 radical (unpaired) electrons. The minimum absolute atomic E-state index is 0.128. The van der Waals surface area contributed by atoms with Crippen molar-refractivity contribution >= 4 is 22.9 Å². The van der Waals surface area contributed by atoms with Crippen molar-refractivity contribution in [2.75, 3.05) is 18.4 Å². The van der Waals surface area contributed by atoms with Gasteiger partial charge in [-0.25, -0.2) is 0 Å². The molecule has 35 heavy (non-hydrogen) atoms. The SMILES string of the molecule is Cc1cc(C(C)Nc2ccccc2C=O)c2oc(C3CCN(C(C)C(F)(F)F)CC3)cc(=O)c2c1. The van der Waals surface area contributed by atoms with Crippen LogP contribution in [0.15, 0.2) is 51.7 Å². The number of rotatable bonds is 6. The summed E-state index contributed by atoms with van der Waals surface area (Å²) >= 11 is 0. The lowest BCUT2D eigenvalue weighted by Crippen LogP contribution is -2.47. The maximum Gasteiger partial charge on any atom is 0.403 e. The lowest BCUT2D eigenvalue weighted by Gasteiger charge is -2.36. The first-order valence-electron chi connectivity index (χ1n) is 11.8. The van der Waals surface area contributed by atoms with Crippen molar-refractivity contribution in [2.24, 2.45) is 0 Å². The van der Waals surface area contributed by atoms with Crippen molar-refractivity contribution in [3.8, 4) is 0 Å². The zero-order valence-electron chi connectivity index (χ0n) is 20.0. The Balaban J connectivity index is 1.65. The maximum atomic E-state index is 13.1. The largest absolute Gasteiger partial charge is 0.460 e. The van der Waals surface area contributed by atoms with Crippen LogP contribution in [0.4, 0.5) is 18.9 Å². The number of hydrogen-bond donors (Lipinski definition) is 1. The van der Waals surface area contributed by atoms with Crippen molar-refractivity contribution in [3.63, 3.8) is 0 Å². The van der Waals surface area contributed by atoms with Gasteiger partial charge in [-0.05, 0) is 70.5 Å². The molecule has 3 aromatic rings. The van der Waals surface area contributed by atoms with Crippen LogP contribution in [-0.4, -0.2) is 36.5 Å². The number of carbonyl (C=O) groups is 1. The van der Waals surface area contributed by atoms with Gasteiger partial charge in [0.25, 0.3) is 0 Å². The normalized spacial score (nSPS) is 17.3. The Morgan fingerprint density at radius 3 is 2.46 bits per heavy atom. The van der Waals surface area contributed by atoms with Crippen LogP contribution in [0, 0.1) is 6.92 Å². The molecule has 0 saturated carbocycles. The maximum absolute atomic E-state index is 13.1. The van der Waals surface area contributed by atoms with Gasteiger partial charge < -0.3 is 9.73 Å². The van der Waals surface area contributed by atoms with Gasteiger partial charge in [0, 0.05) is 28.8 Å². The van der Waals surface area contributed by atoms with E-state index in [0.717, 1.165) is 17.4 Å². The fourth-order valence-corrected chi connectivity index (χ4v) is 4.80. The molecule has 0 aliphatic carbocycles. The van der Waals surface area contributed by atoms with Crippen LogP contribution in [0.1, 0.15) is 65.9 Å². The first kappa shape index (κ1) is 25.0. The minimum Gasteiger partial charge on any atom is -0.460 e. The van der Waals surface area contributed by atoms with E-state index < -0.39 is 12.2 Å². The first-order valence-corrected chi connectivity index (χ1v) is 11.8. The highest BCUT2D eigenvalue weighted by Gasteiger charge is 2.41. The predicted octanol–water partition coefficient (Wildman–Crippen LogP) is 6.22. The molecule has 8 heteroatoms. The topological polar surface area (TPSA) is 62.6 Å². The average Bonchev–Trinajstić information content (AvgIpc) is 2.83. The molecule has 5 nitrogen and oxygen atoms in total. The van der Waals surface area contributed by atoms with Gasteiger partial charge in [0.05, 0.1) is 11.4 Å². The van der Waals surface area contributed by atoms with Gasteiger partial charge in [-0.1, -0.05) is 18.2 Å². The Bertz CT molecular complexity index is 1280. The Morgan fingerprint density at radius 1 is 1.11 bits per heavy atom. The van der Waals surface area contributed by atoms with Crippen LogP contribution in [0.2, 0.25) is 0 Å². The Morgan fingerprint density at radius 2 is 1.80 bits per heavy atom. The second kappa shape index (κ2) is 9.85. The van der Waals surface area contributed by atoms with Gasteiger partial charge in [0.15, 0.2) is 11.7 Å². The molecule has 186 valence electrons. The average molecular weight is 487 g/mol. The first-order chi connectivity index (χ1) is 16.6. The van der Waals surface area contributed by atoms with E-state index in [2.05, 4.69) is 5.32 Å². The smallest absolute Gasteiger partial charge is 0.403 e. The highest BCUT2D eigenvalue weighted by molar-refractivity contribution is 5.85. The van der Waals surface area contributed by atoms with E-state index in [-0.39, 0.29) is 30.5 Å². The Kier molecular flexibility index (Phi) is 7.03. The highest BCUT2D eigenvalue weighted by Crippen LogP contribution is 2.35. The standard InChI is InChI=1S/C27H29F3N2O3/c1-16-12-21(17(2)31-23-7-5-4-6-20(23)15-33)26-22(13-16)24(34)14-25(35-26)19-8-10-32(11-9-19)18(3)27(28,29)30/h4-7,12-15,17-19,31H,8-11H2,1-3H3. The predicted molar refractivity (Wildman–Crippen MR) is 130 cm³/mol. The summed E-state index contributed by atoms with van der Waals surface area (Å²) in [5.74, 6) is 0.379. The summed E-state index contributed by atoms with van der Waals surface area (Å²) in [6.07, 6.45) is -2.51. The zero-order chi connectivity index (χ0) is 25.3. The molecule has 2 aromatic carbocycles. The van der Waals surface area contributed by atoms with E-state index in [9.17, 15) is 22.8 Å². The number of halogens is 3. The number of anilines is 1. The lowest BCUT2D eigenvalue weighted by atomic mass is 9.92. The van der Waals surface area contributed by atoms with Gasteiger partial charge in [0.2, 0.25) is 0 Å². The number of alkyl halides is 3. The van der Waals surface area contributed by atoms with Crippen LogP contribution in [-0.2, 0) is 0 Å². The summed E-state index contributed by atoms with van der Waals surface area (Å²) in [7, 11) is 0. The summed E-state index contributed by atoms with van der Waals surface area (Å²) in [6.45, 7) is 5.59. The van der Waals surface area contributed by atoms with Crippen LogP contribution in [0.25, 0.3) is 11.0 Å². The molecule has 0 amide bonds. The van der Waals surface area contributed by atoms with Crippen molar-refractivity contribution in [1.82, 2.24) is 4.90 Å². The number of nitrogens with zero attached hydrogens (tertiary/aromatic N) is 1. The van der Waals surface area contributed by atoms with Crippen molar-refractivity contribution in [2.45, 2.75) is 57.8 Å². The zero-order valence-corrected chi connectivity index (χ0v) is 20.0. The summed E-state index contributed by atoms with van der Waals surface area (Å²) in [6, 6.07) is 10.6. The molecule has 1 aliphatic rings. The molecule has 1 aromatic heterocycles. The third-order valence-electron chi connectivity index (χ3n) is 6.90. The minimum atomic E-state index is -4.26. The van der Waals surface area contributed by atoms with Crippen LogP contribution >= 0.6 is 0 Å². The van der Waals surface area contributed by atoms with Crippen molar-refractivity contribution in [1.29, 1.82) is 0 Å². The number of likely N-dealkylation sites (tertiary alicyclic amines) is 1. The highest BCUT2D eigenvalue weighted by atomic mass is 19.4. The number of aldehydes is 1. The number of benzene rings is 2. The van der Waals surface area contributed by atoms with E-state index in [4.69, 9.17) is 4.42 Å². The second-order valence-corrected chi connectivity index (χ2v) is 9.34. The fourth-order valence-electron chi connectivity index (χ4n) is 4.80. The molecule has 1 fully saturated rings.